The van der Waals surface area contributed by atoms with E-state index in [0.29, 0.717) is 0 Å². The average molecular weight is 315 g/mol. The molecule has 2 heteroatoms. The Morgan fingerprint density at radius 2 is 1.58 bits per heavy atom. The highest BCUT2D eigenvalue weighted by Gasteiger charge is 2.47. The smallest absolute Gasteiger partial charge is 0.224 e. The summed E-state index contributed by atoms with van der Waals surface area (Å²) in [6.45, 7) is 6.14. The lowest BCUT2D eigenvalue weighted by Crippen LogP contribution is -2.36. The van der Waals surface area contributed by atoms with Gasteiger partial charge >= 0.3 is 0 Å². The molecule has 0 saturated heterocycles. The summed E-state index contributed by atoms with van der Waals surface area (Å²) >= 11 is 0. The molecule has 0 bridgehead atoms. The molecule has 120 valence electrons. The Balaban J connectivity index is 2.01. The standard InChI is InChI=1S/C22H21NO/c1-15(24)23-20-14-7-6-13-19(20)22(2,3)21(23)18-12-8-10-16-9-4-5-11-17(16)18/h4-14,21H,1-3H3. The number of rotatable bonds is 1. The first-order chi connectivity index (χ1) is 11.5. The first kappa shape index (κ1) is 14.9. The predicted molar refractivity (Wildman–Crippen MR) is 99.3 cm³/mol. The molecule has 1 amide bonds. The summed E-state index contributed by atoms with van der Waals surface area (Å²) in [4.78, 5) is 14.5. The van der Waals surface area contributed by atoms with Crippen molar-refractivity contribution in [1.29, 1.82) is 0 Å². The molecular formula is C22H21NO. The predicted octanol–water partition coefficient (Wildman–Crippen LogP) is 5.23. The van der Waals surface area contributed by atoms with Gasteiger partial charge in [0.2, 0.25) is 5.91 Å². The van der Waals surface area contributed by atoms with Crippen LogP contribution in [0.4, 0.5) is 5.69 Å². The van der Waals surface area contributed by atoms with Crippen molar-refractivity contribution in [1.82, 2.24) is 0 Å². The summed E-state index contributed by atoms with van der Waals surface area (Å²) in [5, 5.41) is 2.43. The van der Waals surface area contributed by atoms with Crippen LogP contribution < -0.4 is 4.90 Å². The number of carbonyl (C=O) groups excluding carboxylic acids is 1. The van der Waals surface area contributed by atoms with Crippen molar-refractivity contribution in [3.63, 3.8) is 0 Å². The molecule has 1 aliphatic rings. The molecule has 3 aromatic rings. The molecule has 2 nitrogen and oxygen atoms in total. The van der Waals surface area contributed by atoms with Gasteiger partial charge in [0, 0.05) is 18.0 Å². The molecule has 24 heavy (non-hydrogen) atoms. The summed E-state index contributed by atoms with van der Waals surface area (Å²) in [6, 6.07) is 23.1. The lowest BCUT2D eigenvalue weighted by molar-refractivity contribution is -0.117. The summed E-state index contributed by atoms with van der Waals surface area (Å²) in [6.07, 6.45) is 0. The fourth-order valence-corrected chi connectivity index (χ4v) is 4.21. The zero-order valence-corrected chi connectivity index (χ0v) is 14.3. The molecule has 1 unspecified atom stereocenters. The Morgan fingerprint density at radius 1 is 0.917 bits per heavy atom. The van der Waals surface area contributed by atoms with Crippen LogP contribution in [0.1, 0.15) is 37.9 Å². The van der Waals surface area contributed by atoms with Crippen LogP contribution in [0.3, 0.4) is 0 Å². The van der Waals surface area contributed by atoms with Crippen LogP contribution in [-0.4, -0.2) is 5.91 Å². The number of benzene rings is 3. The molecule has 0 spiro atoms. The Morgan fingerprint density at radius 3 is 2.38 bits per heavy atom. The molecule has 4 rings (SSSR count). The quantitative estimate of drug-likeness (QED) is 0.602. The second-order valence-electron chi connectivity index (χ2n) is 7.10. The van der Waals surface area contributed by atoms with E-state index in [1.165, 1.54) is 21.9 Å². The van der Waals surface area contributed by atoms with Crippen LogP contribution in [0.5, 0.6) is 0 Å². The van der Waals surface area contributed by atoms with Crippen molar-refractivity contribution in [2.24, 2.45) is 0 Å². The molecule has 0 radical (unpaired) electrons. The minimum absolute atomic E-state index is 0.00139. The second kappa shape index (κ2) is 5.20. The zero-order valence-electron chi connectivity index (χ0n) is 14.3. The summed E-state index contributed by atoms with van der Waals surface area (Å²) in [5.74, 6) is 0.0889. The van der Waals surface area contributed by atoms with Gasteiger partial charge in [0.15, 0.2) is 0 Å². The first-order valence-electron chi connectivity index (χ1n) is 8.39. The monoisotopic (exact) mass is 315 g/mol. The molecule has 0 fully saturated rings. The summed E-state index contributed by atoms with van der Waals surface area (Å²) in [5.41, 5.74) is 3.34. The fourth-order valence-electron chi connectivity index (χ4n) is 4.21. The molecule has 1 heterocycles. The average Bonchev–Trinajstić information content (AvgIpc) is 2.82. The number of amides is 1. The van der Waals surface area contributed by atoms with E-state index >= 15 is 0 Å². The molecule has 0 aromatic heterocycles. The SMILES string of the molecule is CC(=O)N1c2ccccc2C(C)(C)C1c1cccc2ccccc12. The lowest BCUT2D eigenvalue weighted by atomic mass is 9.76. The van der Waals surface area contributed by atoms with Gasteiger partial charge in [-0.25, -0.2) is 0 Å². The van der Waals surface area contributed by atoms with Crippen molar-refractivity contribution in [2.45, 2.75) is 32.2 Å². The van der Waals surface area contributed by atoms with Crippen LogP contribution in [0.2, 0.25) is 0 Å². The highest BCUT2D eigenvalue weighted by atomic mass is 16.2. The van der Waals surface area contributed by atoms with Gasteiger partial charge in [-0.2, -0.15) is 0 Å². The summed E-state index contributed by atoms with van der Waals surface area (Å²) < 4.78 is 0. The minimum atomic E-state index is -0.146. The maximum Gasteiger partial charge on any atom is 0.224 e. The van der Waals surface area contributed by atoms with Crippen LogP contribution >= 0.6 is 0 Å². The van der Waals surface area contributed by atoms with Gasteiger partial charge in [-0.3, -0.25) is 4.79 Å². The minimum Gasteiger partial charge on any atom is -0.304 e. The van der Waals surface area contributed by atoms with E-state index in [0.717, 1.165) is 5.69 Å². The van der Waals surface area contributed by atoms with Gasteiger partial charge in [-0.1, -0.05) is 74.5 Å². The Bertz CT molecular complexity index is 936. The van der Waals surface area contributed by atoms with Gasteiger partial charge in [-0.15, -0.1) is 0 Å². The number of hydrogen-bond acceptors (Lipinski definition) is 1. The number of nitrogens with zero attached hydrogens (tertiary/aromatic N) is 1. The van der Waals surface area contributed by atoms with Gasteiger partial charge in [-0.05, 0) is 28.0 Å². The topological polar surface area (TPSA) is 20.3 Å². The van der Waals surface area contributed by atoms with Crippen LogP contribution in [0, 0.1) is 0 Å². The molecule has 1 atom stereocenters. The Labute approximate surface area is 142 Å². The van der Waals surface area contributed by atoms with Crippen molar-refractivity contribution < 1.29 is 4.79 Å². The van der Waals surface area contributed by atoms with Gasteiger partial charge < -0.3 is 4.90 Å². The van der Waals surface area contributed by atoms with Crippen LogP contribution in [0.15, 0.2) is 66.7 Å². The van der Waals surface area contributed by atoms with Gasteiger partial charge in [0.1, 0.15) is 0 Å². The van der Waals surface area contributed by atoms with E-state index in [9.17, 15) is 4.79 Å². The number of hydrogen-bond donors (Lipinski definition) is 0. The Kier molecular flexibility index (Phi) is 3.24. The van der Waals surface area contributed by atoms with Crippen molar-refractivity contribution in [2.75, 3.05) is 4.90 Å². The highest BCUT2D eigenvalue weighted by molar-refractivity contribution is 5.97. The van der Waals surface area contributed by atoms with Crippen LogP contribution in [0.25, 0.3) is 10.8 Å². The number of anilines is 1. The van der Waals surface area contributed by atoms with Crippen molar-refractivity contribution in [3.8, 4) is 0 Å². The van der Waals surface area contributed by atoms with Gasteiger partial charge in [0.05, 0.1) is 6.04 Å². The maximum atomic E-state index is 12.5. The van der Waals surface area contributed by atoms with E-state index in [1.54, 1.807) is 6.92 Å². The molecule has 0 saturated carbocycles. The van der Waals surface area contributed by atoms with Crippen molar-refractivity contribution in [3.05, 3.63) is 77.9 Å². The number of fused-ring (bicyclic) bond motifs is 2. The summed E-state index contributed by atoms with van der Waals surface area (Å²) in [7, 11) is 0. The largest absolute Gasteiger partial charge is 0.304 e. The first-order valence-corrected chi connectivity index (χ1v) is 8.39. The van der Waals surface area contributed by atoms with Crippen molar-refractivity contribution >= 4 is 22.4 Å². The third-order valence-electron chi connectivity index (χ3n) is 5.26. The van der Waals surface area contributed by atoms with E-state index in [2.05, 4.69) is 74.5 Å². The molecule has 0 N–H and O–H groups in total. The molecule has 3 aromatic carbocycles. The zero-order chi connectivity index (χ0) is 16.9. The number of carbonyl (C=O) groups is 1. The van der Waals surface area contributed by atoms with E-state index in [4.69, 9.17) is 0 Å². The highest BCUT2D eigenvalue weighted by Crippen LogP contribution is 2.53. The second-order valence-corrected chi connectivity index (χ2v) is 7.10. The normalized spacial score (nSPS) is 18.6. The maximum absolute atomic E-state index is 12.5. The third-order valence-corrected chi connectivity index (χ3v) is 5.26. The molecule has 1 aliphatic heterocycles. The Hall–Kier alpha value is -2.61. The van der Waals surface area contributed by atoms with E-state index in [1.807, 2.05) is 11.0 Å². The lowest BCUT2D eigenvalue weighted by Gasteiger charge is -2.34. The van der Waals surface area contributed by atoms with E-state index < -0.39 is 0 Å². The fraction of sp³-hybridized carbons (Fsp3) is 0.227. The third kappa shape index (κ3) is 1.99. The van der Waals surface area contributed by atoms with Gasteiger partial charge in [0.25, 0.3) is 0 Å². The molecular weight excluding hydrogens is 294 g/mol. The van der Waals surface area contributed by atoms with Crippen LogP contribution in [-0.2, 0) is 10.2 Å². The number of para-hydroxylation sites is 1. The molecule has 0 aliphatic carbocycles. The van der Waals surface area contributed by atoms with E-state index in [-0.39, 0.29) is 17.4 Å².